The van der Waals surface area contributed by atoms with E-state index in [9.17, 15) is 14.0 Å². The van der Waals surface area contributed by atoms with Crippen molar-refractivity contribution in [3.05, 3.63) is 53.3 Å². The Morgan fingerprint density at radius 1 is 1.29 bits per heavy atom. The average molecular weight is 399 g/mol. The lowest BCUT2D eigenvalue weighted by molar-refractivity contribution is 0.0940. The van der Waals surface area contributed by atoms with Gasteiger partial charge in [0.25, 0.3) is 11.8 Å². The van der Waals surface area contributed by atoms with Gasteiger partial charge in [0.05, 0.1) is 11.3 Å². The van der Waals surface area contributed by atoms with Crippen LogP contribution in [0.1, 0.15) is 40.5 Å². The van der Waals surface area contributed by atoms with Crippen molar-refractivity contribution < 1.29 is 14.0 Å². The molecule has 28 heavy (non-hydrogen) atoms. The molecule has 0 bridgehead atoms. The molecule has 2 aromatic carbocycles. The maximum atomic E-state index is 13.6. The third-order valence-electron chi connectivity index (χ3n) is 5.30. The first-order valence-electron chi connectivity index (χ1n) is 9.50. The zero-order valence-corrected chi connectivity index (χ0v) is 16.4. The Labute approximate surface area is 167 Å². The van der Waals surface area contributed by atoms with Crippen molar-refractivity contribution in [1.29, 1.82) is 0 Å². The van der Waals surface area contributed by atoms with Crippen LogP contribution in [-0.4, -0.2) is 42.4 Å². The largest absolute Gasteiger partial charge is 0.350 e. The minimum absolute atomic E-state index is 0.155. The van der Waals surface area contributed by atoms with Gasteiger partial charge in [0, 0.05) is 27.9 Å². The van der Waals surface area contributed by atoms with Crippen molar-refractivity contribution in [1.82, 2.24) is 10.2 Å². The molecular formula is C21H22FN3O2S. The number of nitrogens with one attached hydrogen (secondary N) is 2. The van der Waals surface area contributed by atoms with E-state index in [0.29, 0.717) is 34.3 Å². The van der Waals surface area contributed by atoms with Crippen molar-refractivity contribution in [2.75, 3.05) is 25.0 Å². The van der Waals surface area contributed by atoms with Gasteiger partial charge in [-0.1, -0.05) is 18.7 Å². The second-order valence-corrected chi connectivity index (χ2v) is 8.13. The van der Waals surface area contributed by atoms with Crippen LogP contribution in [0.5, 0.6) is 0 Å². The van der Waals surface area contributed by atoms with Gasteiger partial charge < -0.3 is 10.6 Å². The summed E-state index contributed by atoms with van der Waals surface area (Å²) in [5.74, 6) is -0.840. The number of hydrogen-bond donors (Lipinski definition) is 2. The smallest absolute Gasteiger partial charge is 0.256 e. The summed E-state index contributed by atoms with van der Waals surface area (Å²) in [6.45, 7) is 4.83. The average Bonchev–Trinajstić information content (AvgIpc) is 3.09. The summed E-state index contributed by atoms with van der Waals surface area (Å²) in [5.41, 5.74) is 1.49. The van der Waals surface area contributed by atoms with Crippen molar-refractivity contribution in [2.24, 2.45) is 0 Å². The van der Waals surface area contributed by atoms with Crippen LogP contribution in [0.25, 0.3) is 0 Å². The van der Waals surface area contributed by atoms with E-state index in [1.807, 2.05) is 0 Å². The van der Waals surface area contributed by atoms with E-state index in [4.69, 9.17) is 0 Å². The molecule has 2 heterocycles. The van der Waals surface area contributed by atoms with E-state index in [-0.39, 0.29) is 17.6 Å². The second-order valence-electron chi connectivity index (χ2n) is 7.04. The zero-order valence-electron chi connectivity index (χ0n) is 15.6. The normalized spacial score (nSPS) is 18.8. The fourth-order valence-electron chi connectivity index (χ4n) is 3.79. The molecule has 146 valence electrons. The van der Waals surface area contributed by atoms with E-state index >= 15 is 0 Å². The van der Waals surface area contributed by atoms with Crippen LogP contribution < -0.4 is 10.6 Å². The Hall–Kier alpha value is -2.38. The lowest BCUT2D eigenvalue weighted by Crippen LogP contribution is -2.40. The highest BCUT2D eigenvalue weighted by Crippen LogP contribution is 2.39. The number of rotatable bonds is 4. The number of nitrogens with zero attached hydrogens (tertiary/aromatic N) is 1. The number of carbonyl (C=O) groups is 2. The fraction of sp³-hybridized carbons (Fsp3) is 0.333. The van der Waals surface area contributed by atoms with Crippen molar-refractivity contribution in [2.45, 2.75) is 35.6 Å². The highest BCUT2D eigenvalue weighted by molar-refractivity contribution is 7.99. The maximum absolute atomic E-state index is 13.6. The molecule has 2 amide bonds. The molecule has 0 radical (unpaired) electrons. The molecule has 2 aliphatic rings. The Kier molecular flexibility index (Phi) is 5.37. The van der Waals surface area contributed by atoms with Gasteiger partial charge in [0.2, 0.25) is 0 Å². The topological polar surface area (TPSA) is 61.4 Å². The lowest BCUT2D eigenvalue weighted by Gasteiger charge is -2.23. The number of halogens is 1. The van der Waals surface area contributed by atoms with E-state index in [2.05, 4.69) is 22.5 Å². The molecule has 1 fully saturated rings. The molecule has 0 aliphatic carbocycles. The maximum Gasteiger partial charge on any atom is 0.256 e. The molecule has 0 saturated carbocycles. The third kappa shape index (κ3) is 3.77. The molecule has 2 N–H and O–H groups in total. The minimum Gasteiger partial charge on any atom is -0.350 e. The molecule has 4 rings (SSSR count). The summed E-state index contributed by atoms with van der Waals surface area (Å²) in [6, 6.07) is 9.71. The van der Waals surface area contributed by atoms with Crippen LogP contribution in [0.2, 0.25) is 0 Å². The molecule has 1 saturated heterocycles. The van der Waals surface area contributed by atoms with E-state index in [1.54, 1.807) is 18.2 Å². The van der Waals surface area contributed by atoms with Crippen LogP contribution in [0, 0.1) is 5.82 Å². The molecule has 0 spiro atoms. The standard InChI is InChI=1S/C21H22FN3O2S/c1-2-25-9-3-4-15(25)12-23-20(26)13-5-8-18-17(10-13)24-21(27)16-7-6-14(22)11-19(16)28-18/h5-8,10-11,15H,2-4,9,12H2,1H3,(H,23,26)(H,24,27)/t15-/m1/s1. The second kappa shape index (κ2) is 7.93. The molecule has 7 heteroatoms. The van der Waals surface area contributed by atoms with Gasteiger partial charge in [0.1, 0.15) is 5.82 Å². The number of benzene rings is 2. The molecule has 1 atom stereocenters. The number of anilines is 1. The molecule has 0 aromatic heterocycles. The number of hydrogen-bond acceptors (Lipinski definition) is 4. The Balaban J connectivity index is 1.50. The van der Waals surface area contributed by atoms with Crippen molar-refractivity contribution in [3.63, 3.8) is 0 Å². The Bertz CT molecular complexity index is 934. The van der Waals surface area contributed by atoms with E-state index < -0.39 is 0 Å². The van der Waals surface area contributed by atoms with Crippen molar-refractivity contribution in [3.8, 4) is 0 Å². The van der Waals surface area contributed by atoms with E-state index in [1.165, 1.54) is 30.0 Å². The van der Waals surface area contributed by atoms with Gasteiger partial charge in [-0.2, -0.15) is 0 Å². The van der Waals surface area contributed by atoms with Crippen LogP contribution in [0.3, 0.4) is 0 Å². The van der Waals surface area contributed by atoms with Crippen LogP contribution in [0.4, 0.5) is 10.1 Å². The fourth-order valence-corrected chi connectivity index (χ4v) is 4.82. The van der Waals surface area contributed by atoms with E-state index in [0.717, 1.165) is 30.8 Å². The highest BCUT2D eigenvalue weighted by atomic mass is 32.2. The zero-order chi connectivity index (χ0) is 19.7. The lowest BCUT2D eigenvalue weighted by atomic mass is 10.1. The molecule has 2 aromatic rings. The van der Waals surface area contributed by atoms with Gasteiger partial charge in [-0.25, -0.2) is 4.39 Å². The van der Waals surface area contributed by atoms with Gasteiger partial charge >= 0.3 is 0 Å². The monoisotopic (exact) mass is 399 g/mol. The number of amides is 2. The quantitative estimate of drug-likeness (QED) is 0.822. The first-order chi connectivity index (χ1) is 13.5. The van der Waals surface area contributed by atoms with Gasteiger partial charge in [-0.3, -0.25) is 14.5 Å². The minimum atomic E-state index is -0.383. The summed E-state index contributed by atoms with van der Waals surface area (Å²) >= 11 is 1.32. The molecule has 5 nitrogen and oxygen atoms in total. The van der Waals surface area contributed by atoms with Gasteiger partial charge in [-0.15, -0.1) is 0 Å². The SMILES string of the molecule is CCN1CCC[C@@H]1CNC(=O)c1ccc2c(c1)NC(=O)c1ccc(F)cc1S2. The van der Waals surface area contributed by atoms with Gasteiger partial charge in [0.15, 0.2) is 0 Å². The summed E-state index contributed by atoms with van der Waals surface area (Å²) in [7, 11) is 0. The first-order valence-corrected chi connectivity index (χ1v) is 10.3. The predicted molar refractivity (Wildman–Crippen MR) is 108 cm³/mol. The van der Waals surface area contributed by atoms with Crippen LogP contribution in [0.15, 0.2) is 46.2 Å². The van der Waals surface area contributed by atoms with Gasteiger partial charge in [-0.05, 0) is 62.3 Å². The number of likely N-dealkylation sites (N-methyl/N-ethyl adjacent to an activating group) is 1. The predicted octanol–water partition coefficient (Wildman–Crippen LogP) is 3.76. The summed E-state index contributed by atoms with van der Waals surface area (Å²) in [4.78, 5) is 28.8. The molecule has 2 aliphatic heterocycles. The number of fused-ring (bicyclic) bond motifs is 2. The summed E-state index contributed by atoms with van der Waals surface area (Å²) in [6.07, 6.45) is 2.26. The number of likely N-dealkylation sites (tertiary alicyclic amines) is 1. The Morgan fingerprint density at radius 3 is 2.96 bits per heavy atom. The number of carbonyl (C=O) groups excluding carboxylic acids is 2. The third-order valence-corrected chi connectivity index (χ3v) is 6.44. The Morgan fingerprint density at radius 2 is 2.14 bits per heavy atom. The van der Waals surface area contributed by atoms with Crippen LogP contribution >= 0.6 is 11.8 Å². The summed E-state index contributed by atoms with van der Waals surface area (Å²) < 4.78 is 13.6. The first kappa shape index (κ1) is 19.0. The highest BCUT2D eigenvalue weighted by Gasteiger charge is 2.24. The molecule has 0 unspecified atom stereocenters. The van der Waals surface area contributed by atoms with Crippen LogP contribution in [-0.2, 0) is 0 Å². The van der Waals surface area contributed by atoms with Crippen molar-refractivity contribution >= 4 is 29.3 Å². The summed E-state index contributed by atoms with van der Waals surface area (Å²) in [5, 5.41) is 5.85. The molecular weight excluding hydrogens is 377 g/mol.